The summed E-state index contributed by atoms with van der Waals surface area (Å²) in [5.41, 5.74) is 2.96. The smallest absolute Gasteiger partial charge is 0.331 e. The van der Waals surface area contributed by atoms with Gasteiger partial charge >= 0.3 is 11.9 Å². The zero-order valence-electron chi connectivity index (χ0n) is 17.0. The van der Waals surface area contributed by atoms with Crippen molar-refractivity contribution in [3.8, 4) is 0 Å². The van der Waals surface area contributed by atoms with Crippen molar-refractivity contribution < 1.29 is 19.4 Å². The van der Waals surface area contributed by atoms with Crippen LogP contribution in [0.2, 0.25) is 0 Å². The van der Waals surface area contributed by atoms with Gasteiger partial charge < -0.3 is 9.84 Å². The van der Waals surface area contributed by atoms with Crippen molar-refractivity contribution in [2.75, 3.05) is 6.61 Å². The maximum absolute atomic E-state index is 11.5. The van der Waals surface area contributed by atoms with Crippen LogP contribution in [-0.2, 0) is 14.3 Å². The molecule has 0 aromatic heterocycles. The van der Waals surface area contributed by atoms with Gasteiger partial charge in [-0.15, -0.1) is 0 Å². The van der Waals surface area contributed by atoms with Crippen LogP contribution in [0.3, 0.4) is 0 Å². The van der Waals surface area contributed by atoms with Gasteiger partial charge in [-0.05, 0) is 34.9 Å². The summed E-state index contributed by atoms with van der Waals surface area (Å²) in [6.07, 6.45) is 9.60. The van der Waals surface area contributed by atoms with E-state index in [1.807, 2.05) is 103 Å². The summed E-state index contributed by atoms with van der Waals surface area (Å²) >= 11 is 0. The molecule has 0 heterocycles. The van der Waals surface area contributed by atoms with Crippen LogP contribution in [0.15, 0.2) is 109 Å². The van der Waals surface area contributed by atoms with Crippen LogP contribution in [0.25, 0.3) is 18.2 Å². The van der Waals surface area contributed by atoms with E-state index >= 15 is 0 Å². The zero-order valence-corrected chi connectivity index (χ0v) is 17.0. The van der Waals surface area contributed by atoms with E-state index in [1.54, 1.807) is 12.2 Å². The molecule has 0 fully saturated rings. The molecule has 31 heavy (non-hydrogen) atoms. The molecule has 3 rings (SSSR count). The average molecular weight is 412 g/mol. The van der Waals surface area contributed by atoms with Crippen LogP contribution in [0.5, 0.6) is 0 Å². The number of hydrogen-bond donors (Lipinski definition) is 1. The Hall–Kier alpha value is -4.18. The van der Waals surface area contributed by atoms with Crippen molar-refractivity contribution in [1.82, 2.24) is 0 Å². The molecule has 0 aliphatic heterocycles. The largest absolute Gasteiger partial charge is 0.478 e. The Labute approximate surface area is 182 Å². The Bertz CT molecular complexity index is 1000. The van der Waals surface area contributed by atoms with Crippen molar-refractivity contribution in [1.29, 1.82) is 0 Å². The molecule has 0 unspecified atom stereocenters. The van der Waals surface area contributed by atoms with E-state index in [4.69, 9.17) is 9.84 Å². The van der Waals surface area contributed by atoms with E-state index < -0.39 is 5.97 Å². The maximum atomic E-state index is 11.5. The highest BCUT2D eigenvalue weighted by Crippen LogP contribution is 2.03. The van der Waals surface area contributed by atoms with E-state index in [0.717, 1.165) is 22.8 Å². The molecule has 0 aliphatic carbocycles. The Morgan fingerprint density at radius 2 is 1.06 bits per heavy atom. The lowest BCUT2D eigenvalue weighted by Gasteiger charge is -1.97. The number of benzene rings is 3. The molecular weight excluding hydrogens is 388 g/mol. The highest BCUT2D eigenvalue weighted by molar-refractivity contribution is 5.87. The zero-order chi connectivity index (χ0) is 22.2. The van der Waals surface area contributed by atoms with Crippen molar-refractivity contribution in [2.24, 2.45) is 0 Å². The standard InChI is InChI=1S/C18H16O2.C9H8O2/c19-18(14-13-17-10-5-2-6-11-17)20-15-7-12-16-8-3-1-4-9-16;10-9(11)7-6-8-4-2-1-3-5-8/h1-14H,15H2;1-7H,(H,10,11). The molecule has 0 amide bonds. The lowest BCUT2D eigenvalue weighted by atomic mass is 10.2. The highest BCUT2D eigenvalue weighted by Gasteiger charge is 1.94. The van der Waals surface area contributed by atoms with Crippen molar-refractivity contribution in [2.45, 2.75) is 0 Å². The summed E-state index contributed by atoms with van der Waals surface area (Å²) in [7, 11) is 0. The summed E-state index contributed by atoms with van der Waals surface area (Å²) in [6.45, 7) is 0.271. The summed E-state index contributed by atoms with van der Waals surface area (Å²) in [6, 6.07) is 28.8. The van der Waals surface area contributed by atoms with Crippen LogP contribution >= 0.6 is 0 Å². The van der Waals surface area contributed by atoms with E-state index in [0.29, 0.717) is 0 Å². The first-order chi connectivity index (χ1) is 15.1. The second-order valence-electron chi connectivity index (χ2n) is 6.27. The number of ether oxygens (including phenoxy) is 1. The van der Waals surface area contributed by atoms with Gasteiger partial charge in [-0.3, -0.25) is 0 Å². The normalized spacial score (nSPS) is 10.7. The number of aliphatic carboxylic acids is 1. The molecule has 156 valence electrons. The molecule has 3 aromatic rings. The van der Waals surface area contributed by atoms with Crippen LogP contribution in [-0.4, -0.2) is 23.7 Å². The molecule has 0 saturated carbocycles. The van der Waals surface area contributed by atoms with Crippen molar-refractivity contribution in [3.05, 3.63) is 126 Å². The van der Waals surface area contributed by atoms with E-state index in [-0.39, 0.29) is 12.6 Å². The monoisotopic (exact) mass is 412 g/mol. The Morgan fingerprint density at radius 1 is 0.645 bits per heavy atom. The van der Waals surface area contributed by atoms with Gasteiger partial charge in [0.1, 0.15) is 6.61 Å². The summed E-state index contributed by atoms with van der Waals surface area (Å²) < 4.78 is 5.07. The molecule has 3 aromatic carbocycles. The molecule has 0 bridgehead atoms. The lowest BCUT2D eigenvalue weighted by Crippen LogP contribution is -1.99. The third-order valence-corrected chi connectivity index (χ3v) is 3.86. The second kappa shape index (κ2) is 13.9. The molecule has 0 atom stereocenters. The topological polar surface area (TPSA) is 63.6 Å². The van der Waals surface area contributed by atoms with E-state index in [1.165, 1.54) is 6.08 Å². The predicted molar refractivity (Wildman–Crippen MR) is 125 cm³/mol. The molecule has 0 spiro atoms. The number of carboxylic acid groups (broad SMARTS) is 1. The van der Waals surface area contributed by atoms with Gasteiger partial charge in [0.25, 0.3) is 0 Å². The van der Waals surface area contributed by atoms with Crippen LogP contribution in [0, 0.1) is 0 Å². The molecule has 0 saturated heterocycles. The van der Waals surface area contributed by atoms with Gasteiger partial charge in [0.05, 0.1) is 0 Å². The Morgan fingerprint density at radius 3 is 1.52 bits per heavy atom. The average Bonchev–Trinajstić information content (AvgIpc) is 2.82. The summed E-state index contributed by atoms with van der Waals surface area (Å²) in [5.74, 6) is -1.26. The fourth-order valence-electron chi connectivity index (χ4n) is 2.39. The summed E-state index contributed by atoms with van der Waals surface area (Å²) in [5, 5.41) is 8.29. The molecule has 4 heteroatoms. The van der Waals surface area contributed by atoms with Gasteiger partial charge in [0, 0.05) is 12.2 Å². The Kier molecular flexibility index (Phi) is 10.4. The SMILES string of the molecule is O=C(C=Cc1ccccc1)OCC=Cc1ccccc1.O=C(O)C=Cc1ccccc1. The van der Waals surface area contributed by atoms with Gasteiger partial charge in [-0.2, -0.15) is 0 Å². The molecular formula is C27H24O4. The van der Waals surface area contributed by atoms with Crippen molar-refractivity contribution >= 4 is 30.2 Å². The number of carbonyl (C=O) groups is 2. The van der Waals surface area contributed by atoms with Gasteiger partial charge in [-0.1, -0.05) is 97.1 Å². The second-order valence-corrected chi connectivity index (χ2v) is 6.27. The summed E-state index contributed by atoms with van der Waals surface area (Å²) in [4.78, 5) is 21.6. The minimum Gasteiger partial charge on any atom is -0.478 e. The lowest BCUT2D eigenvalue weighted by molar-refractivity contribution is -0.136. The first-order valence-corrected chi connectivity index (χ1v) is 9.71. The maximum Gasteiger partial charge on any atom is 0.331 e. The first kappa shape index (κ1) is 23.1. The van der Waals surface area contributed by atoms with Crippen LogP contribution in [0.4, 0.5) is 0 Å². The minimum absolute atomic E-state index is 0.271. The fourth-order valence-corrected chi connectivity index (χ4v) is 2.39. The molecule has 0 radical (unpaired) electrons. The highest BCUT2D eigenvalue weighted by atomic mass is 16.5. The van der Waals surface area contributed by atoms with Crippen LogP contribution in [0.1, 0.15) is 16.7 Å². The van der Waals surface area contributed by atoms with Gasteiger partial charge in [0.15, 0.2) is 0 Å². The van der Waals surface area contributed by atoms with Gasteiger partial charge in [0.2, 0.25) is 0 Å². The first-order valence-electron chi connectivity index (χ1n) is 9.71. The number of esters is 1. The van der Waals surface area contributed by atoms with Gasteiger partial charge in [-0.25, -0.2) is 9.59 Å². The molecule has 0 aliphatic rings. The minimum atomic E-state index is -0.922. The predicted octanol–water partition coefficient (Wildman–Crippen LogP) is 5.74. The third kappa shape index (κ3) is 10.8. The fraction of sp³-hybridized carbons (Fsp3) is 0.0370. The van der Waals surface area contributed by atoms with E-state index in [2.05, 4.69) is 0 Å². The molecule has 4 nitrogen and oxygen atoms in total. The van der Waals surface area contributed by atoms with Crippen molar-refractivity contribution in [3.63, 3.8) is 0 Å². The van der Waals surface area contributed by atoms with Crippen LogP contribution < -0.4 is 0 Å². The van der Waals surface area contributed by atoms with E-state index in [9.17, 15) is 9.59 Å². The number of carbonyl (C=O) groups excluding carboxylic acids is 1. The number of carboxylic acids is 1. The quantitative estimate of drug-likeness (QED) is 0.397. The molecule has 1 N–H and O–H groups in total. The number of rotatable bonds is 7. The Balaban J connectivity index is 0.000000262. The number of hydrogen-bond acceptors (Lipinski definition) is 3. The third-order valence-electron chi connectivity index (χ3n) is 3.86.